The molecule has 0 radical (unpaired) electrons. The lowest BCUT2D eigenvalue weighted by molar-refractivity contribution is 0.0746. The summed E-state index contributed by atoms with van der Waals surface area (Å²) in [5.74, 6) is 0.143. The molecule has 0 saturated heterocycles. The minimum Gasteiger partial charge on any atom is -0.491 e. The fourth-order valence-corrected chi connectivity index (χ4v) is 1.44. The monoisotopic (exact) mass is 276 g/mol. The summed E-state index contributed by atoms with van der Waals surface area (Å²) in [5.41, 5.74) is -0.126. The Morgan fingerprint density at radius 1 is 1.25 bits per heavy atom. The first kappa shape index (κ1) is 13.9. The molecule has 1 aromatic heterocycles. The first-order valence-electron chi connectivity index (χ1n) is 5.88. The van der Waals surface area contributed by atoms with Crippen molar-refractivity contribution in [2.45, 2.75) is 6.61 Å². The molecule has 1 heterocycles. The van der Waals surface area contributed by atoms with Crippen LogP contribution in [0.5, 0.6) is 5.75 Å². The lowest BCUT2D eigenvalue weighted by Gasteiger charge is -2.05. The van der Waals surface area contributed by atoms with Gasteiger partial charge in [-0.1, -0.05) is 23.4 Å². The second kappa shape index (κ2) is 7.15. The van der Waals surface area contributed by atoms with E-state index in [1.807, 2.05) is 30.3 Å². The molecule has 2 aromatic rings. The summed E-state index contributed by atoms with van der Waals surface area (Å²) < 4.78 is 15.5. The topological polar surface area (TPSA) is 91.0 Å². The van der Waals surface area contributed by atoms with Crippen molar-refractivity contribution in [2.75, 3.05) is 13.2 Å². The average Bonchev–Trinajstić information content (AvgIpc) is 2.96. The van der Waals surface area contributed by atoms with Crippen molar-refractivity contribution in [2.24, 2.45) is 5.18 Å². The lowest BCUT2D eigenvalue weighted by atomic mass is 10.3. The standard InChI is InChI=1S/C13H12N2O5/c16-13(14-17)12-8-11(20-15-12)9-18-6-7-19-10-4-2-1-3-5-10/h1-5,8H,6-7,9H2. The normalized spacial score (nSPS) is 10.2. The summed E-state index contributed by atoms with van der Waals surface area (Å²) in [6.07, 6.45) is 0. The number of benzene rings is 1. The van der Waals surface area contributed by atoms with Gasteiger partial charge in [0.05, 0.1) is 6.61 Å². The van der Waals surface area contributed by atoms with Gasteiger partial charge in [-0.25, -0.2) is 0 Å². The van der Waals surface area contributed by atoms with Crippen LogP contribution in [0.2, 0.25) is 0 Å². The summed E-state index contributed by atoms with van der Waals surface area (Å²) in [7, 11) is 0. The third-order valence-corrected chi connectivity index (χ3v) is 2.34. The number of nitroso groups, excluding NO2 is 1. The molecule has 0 N–H and O–H groups in total. The number of hydrogen-bond acceptors (Lipinski definition) is 6. The Kier molecular flexibility index (Phi) is 4.96. The Labute approximate surface area is 114 Å². The van der Waals surface area contributed by atoms with E-state index >= 15 is 0 Å². The second-order valence-electron chi connectivity index (χ2n) is 3.79. The summed E-state index contributed by atoms with van der Waals surface area (Å²) in [6.45, 7) is 0.877. The zero-order valence-corrected chi connectivity index (χ0v) is 10.5. The number of carbonyl (C=O) groups is 1. The molecule has 2 rings (SSSR count). The molecular weight excluding hydrogens is 264 g/mol. The lowest BCUT2D eigenvalue weighted by Crippen LogP contribution is -2.06. The minimum atomic E-state index is -0.965. The minimum absolute atomic E-state index is 0.126. The molecule has 0 aliphatic carbocycles. The molecule has 0 saturated carbocycles. The Hall–Kier alpha value is -2.54. The Bertz CT molecular complexity index is 567. The molecule has 0 unspecified atom stereocenters. The highest BCUT2D eigenvalue weighted by atomic mass is 16.5. The molecule has 20 heavy (non-hydrogen) atoms. The van der Waals surface area contributed by atoms with Crippen LogP contribution in [0.3, 0.4) is 0 Å². The van der Waals surface area contributed by atoms with Crippen LogP contribution in [0.15, 0.2) is 46.1 Å². The summed E-state index contributed by atoms with van der Waals surface area (Å²) >= 11 is 0. The summed E-state index contributed by atoms with van der Waals surface area (Å²) in [5, 5.41) is 5.65. The van der Waals surface area contributed by atoms with Crippen LogP contribution in [0.1, 0.15) is 16.2 Å². The number of rotatable bonds is 7. The van der Waals surface area contributed by atoms with Crippen LogP contribution in [0.25, 0.3) is 0 Å². The van der Waals surface area contributed by atoms with Gasteiger partial charge in [0, 0.05) is 11.2 Å². The van der Waals surface area contributed by atoms with Crippen molar-refractivity contribution in [1.82, 2.24) is 5.16 Å². The zero-order chi connectivity index (χ0) is 14.2. The van der Waals surface area contributed by atoms with Gasteiger partial charge < -0.3 is 14.0 Å². The Morgan fingerprint density at radius 3 is 2.80 bits per heavy atom. The molecule has 0 aliphatic heterocycles. The van der Waals surface area contributed by atoms with Gasteiger partial charge in [0.2, 0.25) is 0 Å². The second-order valence-corrected chi connectivity index (χ2v) is 3.79. The third kappa shape index (κ3) is 3.99. The molecule has 0 atom stereocenters. The molecule has 0 fully saturated rings. The van der Waals surface area contributed by atoms with Gasteiger partial charge in [0.25, 0.3) is 0 Å². The smallest absolute Gasteiger partial charge is 0.338 e. The van der Waals surface area contributed by atoms with Crippen LogP contribution >= 0.6 is 0 Å². The number of para-hydroxylation sites is 1. The number of nitrogens with zero attached hydrogens (tertiary/aromatic N) is 2. The molecule has 7 heteroatoms. The van der Waals surface area contributed by atoms with E-state index in [0.29, 0.717) is 19.0 Å². The average molecular weight is 276 g/mol. The number of carbonyl (C=O) groups excluding carboxylic acids is 1. The van der Waals surface area contributed by atoms with Crippen molar-refractivity contribution in [3.63, 3.8) is 0 Å². The van der Waals surface area contributed by atoms with Gasteiger partial charge in [0.1, 0.15) is 19.0 Å². The van der Waals surface area contributed by atoms with Gasteiger partial charge in [-0.2, -0.15) is 0 Å². The molecule has 1 aromatic carbocycles. The fraction of sp³-hybridized carbons (Fsp3) is 0.231. The maximum atomic E-state index is 10.9. The van der Waals surface area contributed by atoms with Crippen LogP contribution < -0.4 is 4.74 Å². The van der Waals surface area contributed by atoms with Crippen LogP contribution in [-0.4, -0.2) is 24.3 Å². The fourth-order valence-electron chi connectivity index (χ4n) is 1.44. The quantitative estimate of drug-likeness (QED) is 0.568. The molecule has 104 valence electrons. The summed E-state index contributed by atoms with van der Waals surface area (Å²) in [4.78, 5) is 20.9. The Balaban J connectivity index is 1.67. The van der Waals surface area contributed by atoms with Gasteiger partial charge in [-0.15, -0.1) is 4.91 Å². The highest BCUT2D eigenvalue weighted by molar-refractivity contribution is 5.92. The third-order valence-electron chi connectivity index (χ3n) is 2.34. The number of hydrogen-bond donors (Lipinski definition) is 0. The van der Waals surface area contributed by atoms with Crippen molar-refractivity contribution >= 4 is 5.91 Å². The molecule has 0 bridgehead atoms. The molecule has 1 amide bonds. The molecular formula is C13H12N2O5. The maximum absolute atomic E-state index is 10.9. The van der Waals surface area contributed by atoms with E-state index < -0.39 is 5.91 Å². The number of aromatic nitrogens is 1. The molecule has 0 aliphatic rings. The van der Waals surface area contributed by atoms with E-state index in [1.54, 1.807) is 0 Å². The number of amides is 1. The maximum Gasteiger partial charge on any atom is 0.338 e. The highest BCUT2D eigenvalue weighted by Gasteiger charge is 2.12. The van der Waals surface area contributed by atoms with E-state index in [9.17, 15) is 9.70 Å². The van der Waals surface area contributed by atoms with Crippen LogP contribution in [0, 0.1) is 4.91 Å². The predicted octanol–water partition coefficient (Wildman–Crippen LogP) is 2.18. The van der Waals surface area contributed by atoms with Gasteiger partial charge in [-0.05, 0) is 12.1 Å². The van der Waals surface area contributed by atoms with Crippen LogP contribution in [-0.2, 0) is 11.3 Å². The van der Waals surface area contributed by atoms with E-state index in [1.165, 1.54) is 6.07 Å². The van der Waals surface area contributed by atoms with Gasteiger partial charge >= 0.3 is 5.91 Å². The van der Waals surface area contributed by atoms with E-state index in [4.69, 9.17) is 14.0 Å². The van der Waals surface area contributed by atoms with Crippen molar-refractivity contribution in [1.29, 1.82) is 0 Å². The van der Waals surface area contributed by atoms with E-state index in [2.05, 4.69) is 10.3 Å². The summed E-state index contributed by atoms with van der Waals surface area (Å²) in [6, 6.07) is 10.7. The SMILES string of the molecule is O=NC(=O)c1cc(COCCOc2ccccc2)on1. The Morgan fingerprint density at radius 2 is 2.05 bits per heavy atom. The number of ether oxygens (including phenoxy) is 2. The highest BCUT2D eigenvalue weighted by Crippen LogP contribution is 2.09. The van der Waals surface area contributed by atoms with E-state index in [-0.39, 0.29) is 12.3 Å². The molecule has 7 nitrogen and oxygen atoms in total. The first-order chi connectivity index (χ1) is 9.79. The predicted molar refractivity (Wildman–Crippen MR) is 68.2 cm³/mol. The van der Waals surface area contributed by atoms with Gasteiger partial charge in [-0.3, -0.25) is 4.79 Å². The first-order valence-corrected chi connectivity index (χ1v) is 5.88. The van der Waals surface area contributed by atoms with E-state index in [0.717, 1.165) is 5.75 Å². The van der Waals surface area contributed by atoms with Crippen molar-refractivity contribution in [3.05, 3.63) is 52.8 Å². The van der Waals surface area contributed by atoms with Crippen molar-refractivity contribution < 1.29 is 18.8 Å². The van der Waals surface area contributed by atoms with Gasteiger partial charge in [0.15, 0.2) is 11.5 Å². The largest absolute Gasteiger partial charge is 0.491 e. The zero-order valence-electron chi connectivity index (χ0n) is 10.5. The van der Waals surface area contributed by atoms with Crippen LogP contribution in [0.4, 0.5) is 0 Å². The molecule has 0 spiro atoms. The van der Waals surface area contributed by atoms with Crippen molar-refractivity contribution in [3.8, 4) is 5.75 Å².